The molecule has 24 heavy (non-hydrogen) atoms. The van der Waals surface area contributed by atoms with Crippen LogP contribution in [0.4, 0.5) is 5.88 Å². The van der Waals surface area contributed by atoms with Crippen LogP contribution < -0.4 is 0 Å². The zero-order chi connectivity index (χ0) is 16.9. The maximum absolute atomic E-state index is 12.7. The lowest BCUT2D eigenvalue weighted by atomic mass is 10.2. The fourth-order valence-electron chi connectivity index (χ4n) is 2.19. The third kappa shape index (κ3) is 3.66. The summed E-state index contributed by atoms with van der Waals surface area (Å²) in [5.74, 6) is -0.931. The minimum Gasteiger partial charge on any atom is -0.395 e. The van der Waals surface area contributed by atoms with Crippen LogP contribution in [0.3, 0.4) is 0 Å². The number of hydrogen-bond donors (Lipinski definition) is 0. The smallest absolute Gasteiger partial charge is 0.395 e. The van der Waals surface area contributed by atoms with E-state index in [-0.39, 0.29) is 12.3 Å². The SMILES string of the molecule is O=C(c1ccc([N+](=O)[O-])o1)N(Cc1ccsc1)Cc1ccccn1. The van der Waals surface area contributed by atoms with E-state index in [4.69, 9.17) is 4.42 Å². The van der Waals surface area contributed by atoms with Crippen molar-refractivity contribution < 1.29 is 14.1 Å². The van der Waals surface area contributed by atoms with E-state index in [0.29, 0.717) is 6.54 Å². The quantitative estimate of drug-likeness (QED) is 0.505. The molecule has 0 aliphatic carbocycles. The standard InChI is InChI=1S/C16H13N3O4S/c20-16(14-4-5-15(23-14)19(21)22)18(9-12-6-8-24-11-12)10-13-3-1-2-7-17-13/h1-8,11H,9-10H2. The average Bonchev–Trinajstić information content (AvgIpc) is 3.26. The van der Waals surface area contributed by atoms with Gasteiger partial charge in [-0.05, 0) is 40.6 Å². The molecule has 0 N–H and O–H groups in total. The number of nitro groups is 1. The maximum Gasteiger partial charge on any atom is 0.433 e. The summed E-state index contributed by atoms with van der Waals surface area (Å²) >= 11 is 1.54. The minimum atomic E-state index is -0.668. The summed E-state index contributed by atoms with van der Waals surface area (Å²) in [6.45, 7) is 0.650. The Hall–Kier alpha value is -3.00. The normalized spacial score (nSPS) is 10.5. The number of aromatic nitrogens is 1. The lowest BCUT2D eigenvalue weighted by Crippen LogP contribution is -2.30. The number of furan rings is 1. The van der Waals surface area contributed by atoms with Gasteiger partial charge in [0.15, 0.2) is 5.76 Å². The van der Waals surface area contributed by atoms with Crippen LogP contribution in [-0.2, 0) is 13.1 Å². The largest absolute Gasteiger partial charge is 0.433 e. The van der Waals surface area contributed by atoms with Gasteiger partial charge in [-0.3, -0.25) is 19.9 Å². The van der Waals surface area contributed by atoms with Crippen LogP contribution in [-0.4, -0.2) is 20.7 Å². The van der Waals surface area contributed by atoms with Crippen molar-refractivity contribution in [1.29, 1.82) is 0 Å². The van der Waals surface area contributed by atoms with E-state index in [1.165, 1.54) is 23.5 Å². The number of carbonyl (C=O) groups excluding carboxylic acids is 1. The Kier molecular flexibility index (Phi) is 4.66. The van der Waals surface area contributed by atoms with E-state index in [1.54, 1.807) is 17.2 Å². The Balaban J connectivity index is 1.84. The Morgan fingerprint density at radius 1 is 1.25 bits per heavy atom. The van der Waals surface area contributed by atoms with E-state index < -0.39 is 16.7 Å². The second kappa shape index (κ2) is 7.05. The summed E-state index contributed by atoms with van der Waals surface area (Å²) in [4.78, 5) is 28.5. The Morgan fingerprint density at radius 2 is 2.12 bits per heavy atom. The molecule has 0 atom stereocenters. The van der Waals surface area contributed by atoms with Crippen molar-refractivity contribution in [2.24, 2.45) is 0 Å². The van der Waals surface area contributed by atoms with Crippen LogP contribution in [0.25, 0.3) is 0 Å². The van der Waals surface area contributed by atoms with Crippen molar-refractivity contribution in [2.45, 2.75) is 13.1 Å². The zero-order valence-corrected chi connectivity index (χ0v) is 13.3. The predicted molar refractivity (Wildman–Crippen MR) is 87.5 cm³/mol. The van der Waals surface area contributed by atoms with Gasteiger partial charge in [-0.2, -0.15) is 11.3 Å². The summed E-state index contributed by atoms with van der Waals surface area (Å²) in [7, 11) is 0. The predicted octanol–water partition coefficient (Wildman–Crippen LogP) is 3.49. The molecule has 1 amide bonds. The van der Waals surface area contributed by atoms with Crippen molar-refractivity contribution in [1.82, 2.24) is 9.88 Å². The summed E-state index contributed by atoms with van der Waals surface area (Å²) in [5.41, 5.74) is 1.70. The molecule has 0 spiro atoms. The van der Waals surface area contributed by atoms with Gasteiger partial charge in [0, 0.05) is 12.7 Å². The first kappa shape index (κ1) is 15.9. The maximum atomic E-state index is 12.7. The number of rotatable bonds is 6. The van der Waals surface area contributed by atoms with Crippen LogP contribution >= 0.6 is 11.3 Å². The number of carbonyl (C=O) groups is 1. The molecule has 0 fully saturated rings. The summed E-state index contributed by atoms with van der Waals surface area (Å²) in [6.07, 6.45) is 1.65. The summed E-state index contributed by atoms with van der Waals surface area (Å²) in [6, 6.07) is 9.88. The number of nitrogens with zero attached hydrogens (tertiary/aromatic N) is 3. The van der Waals surface area contributed by atoms with Crippen molar-refractivity contribution in [3.63, 3.8) is 0 Å². The summed E-state index contributed by atoms with van der Waals surface area (Å²) < 4.78 is 5.04. The zero-order valence-electron chi connectivity index (χ0n) is 12.5. The molecule has 3 rings (SSSR count). The second-order valence-electron chi connectivity index (χ2n) is 5.01. The number of amides is 1. The Labute approximate surface area is 141 Å². The molecule has 3 aromatic heterocycles. The molecule has 0 saturated carbocycles. The highest BCUT2D eigenvalue weighted by molar-refractivity contribution is 7.07. The first-order chi connectivity index (χ1) is 11.6. The van der Waals surface area contributed by atoms with Crippen LogP contribution in [0.1, 0.15) is 21.8 Å². The van der Waals surface area contributed by atoms with Gasteiger partial charge in [-0.15, -0.1) is 0 Å². The third-order valence-electron chi connectivity index (χ3n) is 3.30. The molecule has 0 radical (unpaired) electrons. The molecule has 0 aliphatic heterocycles. The number of hydrogen-bond acceptors (Lipinski definition) is 6. The first-order valence-corrected chi connectivity index (χ1v) is 8.02. The molecule has 122 valence electrons. The molecule has 0 aliphatic rings. The van der Waals surface area contributed by atoms with Gasteiger partial charge in [-0.1, -0.05) is 6.07 Å². The van der Waals surface area contributed by atoms with Crippen molar-refractivity contribution in [3.8, 4) is 0 Å². The molecular formula is C16H13N3O4S. The van der Waals surface area contributed by atoms with Crippen molar-refractivity contribution >= 4 is 23.1 Å². The number of pyridine rings is 1. The topological polar surface area (TPSA) is 89.5 Å². The van der Waals surface area contributed by atoms with E-state index in [1.807, 2.05) is 29.0 Å². The van der Waals surface area contributed by atoms with Crippen molar-refractivity contribution in [2.75, 3.05) is 0 Å². The lowest BCUT2D eigenvalue weighted by Gasteiger charge is -2.20. The molecule has 3 aromatic rings. The fraction of sp³-hybridized carbons (Fsp3) is 0.125. The lowest BCUT2D eigenvalue weighted by molar-refractivity contribution is -0.402. The van der Waals surface area contributed by atoms with Crippen LogP contribution in [0.2, 0.25) is 0 Å². The highest BCUT2D eigenvalue weighted by Crippen LogP contribution is 2.20. The van der Waals surface area contributed by atoms with Crippen LogP contribution in [0.15, 0.2) is 57.8 Å². The highest BCUT2D eigenvalue weighted by Gasteiger charge is 2.23. The monoisotopic (exact) mass is 343 g/mol. The van der Waals surface area contributed by atoms with E-state index in [2.05, 4.69) is 4.98 Å². The van der Waals surface area contributed by atoms with E-state index >= 15 is 0 Å². The van der Waals surface area contributed by atoms with Gasteiger partial charge in [0.2, 0.25) is 0 Å². The van der Waals surface area contributed by atoms with Crippen LogP contribution in [0, 0.1) is 10.1 Å². The third-order valence-corrected chi connectivity index (χ3v) is 4.03. The molecule has 3 heterocycles. The molecular weight excluding hydrogens is 330 g/mol. The van der Waals surface area contributed by atoms with Gasteiger partial charge >= 0.3 is 5.88 Å². The van der Waals surface area contributed by atoms with Gasteiger partial charge in [0.25, 0.3) is 5.91 Å². The minimum absolute atomic E-state index is 0.0622. The van der Waals surface area contributed by atoms with Crippen molar-refractivity contribution in [3.05, 3.63) is 80.5 Å². The molecule has 8 heteroatoms. The average molecular weight is 343 g/mol. The second-order valence-corrected chi connectivity index (χ2v) is 5.79. The van der Waals surface area contributed by atoms with E-state index in [9.17, 15) is 14.9 Å². The highest BCUT2D eigenvalue weighted by atomic mass is 32.1. The molecule has 7 nitrogen and oxygen atoms in total. The molecule has 0 unspecified atom stereocenters. The Morgan fingerprint density at radius 3 is 2.75 bits per heavy atom. The van der Waals surface area contributed by atoms with Gasteiger partial charge in [0.1, 0.15) is 4.92 Å². The Bertz CT molecular complexity index is 830. The van der Waals surface area contributed by atoms with Gasteiger partial charge < -0.3 is 9.32 Å². The van der Waals surface area contributed by atoms with Gasteiger partial charge in [0.05, 0.1) is 18.3 Å². The fourth-order valence-corrected chi connectivity index (χ4v) is 2.85. The summed E-state index contributed by atoms with van der Waals surface area (Å²) in [5, 5.41) is 14.6. The molecule has 0 aromatic carbocycles. The van der Waals surface area contributed by atoms with E-state index in [0.717, 1.165) is 11.3 Å². The molecule has 0 saturated heterocycles. The number of thiophene rings is 1. The molecule has 0 bridgehead atoms. The van der Waals surface area contributed by atoms with Gasteiger partial charge in [-0.25, -0.2) is 0 Å². The first-order valence-electron chi connectivity index (χ1n) is 7.08. The van der Waals surface area contributed by atoms with Crippen LogP contribution in [0.5, 0.6) is 0 Å².